The van der Waals surface area contributed by atoms with E-state index in [2.05, 4.69) is 40.0 Å². The summed E-state index contributed by atoms with van der Waals surface area (Å²) in [4.78, 5) is 0. The van der Waals surface area contributed by atoms with Crippen LogP contribution in [0.3, 0.4) is 0 Å². The summed E-state index contributed by atoms with van der Waals surface area (Å²) in [5.41, 5.74) is 0.767. The van der Waals surface area contributed by atoms with Crippen LogP contribution in [0.2, 0.25) is 0 Å². The fourth-order valence-corrected chi connectivity index (χ4v) is 2.59. The molecule has 78 valence electrons. The molecule has 0 bridgehead atoms. The van der Waals surface area contributed by atoms with Gasteiger partial charge in [-0.2, -0.15) is 5.26 Å². The number of rotatable bonds is 2. The van der Waals surface area contributed by atoms with E-state index in [0.717, 1.165) is 31.4 Å². The van der Waals surface area contributed by atoms with Gasteiger partial charge < -0.3 is 5.32 Å². The number of hydrogen-bond donors (Lipinski definition) is 1. The van der Waals surface area contributed by atoms with Crippen LogP contribution in [0.25, 0.3) is 0 Å². The highest BCUT2D eigenvalue weighted by Gasteiger charge is 2.33. The molecule has 3 heteroatoms. The Morgan fingerprint density at radius 2 is 1.93 bits per heavy atom. The van der Waals surface area contributed by atoms with Gasteiger partial charge in [-0.25, -0.2) is 0 Å². The molecule has 1 fully saturated rings. The van der Waals surface area contributed by atoms with Gasteiger partial charge in [0.05, 0.1) is 6.07 Å². The Kier molecular flexibility index (Phi) is 3.15. The largest absolute Gasteiger partial charge is 0.366 e. The van der Waals surface area contributed by atoms with E-state index in [0.29, 0.717) is 0 Å². The summed E-state index contributed by atoms with van der Waals surface area (Å²) in [6.45, 7) is 0. The predicted octanol–water partition coefficient (Wildman–Crippen LogP) is 3.54. The van der Waals surface area contributed by atoms with Crippen LogP contribution in [0.5, 0.6) is 0 Å². The van der Waals surface area contributed by atoms with E-state index in [1.807, 2.05) is 18.2 Å². The first-order valence-electron chi connectivity index (χ1n) is 5.20. The van der Waals surface area contributed by atoms with Gasteiger partial charge in [0.25, 0.3) is 0 Å². The number of nitrogens with one attached hydrogen (secondary N) is 1. The fraction of sp³-hybridized carbons (Fsp3) is 0.417. The van der Waals surface area contributed by atoms with Gasteiger partial charge in [0.15, 0.2) is 0 Å². The number of benzene rings is 1. The maximum Gasteiger partial charge on any atom is 0.125 e. The van der Waals surface area contributed by atoms with Crippen LogP contribution >= 0.6 is 22.6 Å². The third-order valence-corrected chi connectivity index (χ3v) is 3.86. The average molecular weight is 312 g/mol. The van der Waals surface area contributed by atoms with Crippen molar-refractivity contribution in [1.82, 2.24) is 0 Å². The van der Waals surface area contributed by atoms with E-state index in [1.54, 1.807) is 0 Å². The summed E-state index contributed by atoms with van der Waals surface area (Å²) in [6, 6.07) is 10.6. The van der Waals surface area contributed by atoms with Crippen molar-refractivity contribution < 1.29 is 0 Å². The zero-order valence-corrected chi connectivity index (χ0v) is 10.6. The summed E-state index contributed by atoms with van der Waals surface area (Å²) < 4.78 is 1.18. The van der Waals surface area contributed by atoms with Gasteiger partial charge in [0.2, 0.25) is 0 Å². The number of hydrogen-bond acceptors (Lipinski definition) is 2. The third-order valence-electron chi connectivity index (χ3n) is 2.92. The molecule has 0 atom stereocenters. The van der Waals surface area contributed by atoms with Crippen molar-refractivity contribution in [3.63, 3.8) is 0 Å². The molecule has 0 saturated heterocycles. The van der Waals surface area contributed by atoms with Crippen LogP contribution in [0.15, 0.2) is 24.3 Å². The second-order valence-electron chi connectivity index (χ2n) is 4.01. The molecule has 0 aromatic heterocycles. The Morgan fingerprint density at radius 3 is 2.53 bits per heavy atom. The van der Waals surface area contributed by atoms with E-state index >= 15 is 0 Å². The van der Waals surface area contributed by atoms with Crippen LogP contribution < -0.4 is 5.32 Å². The predicted molar refractivity (Wildman–Crippen MR) is 69.6 cm³/mol. The summed E-state index contributed by atoms with van der Waals surface area (Å²) in [6.07, 6.45) is 4.25. The number of nitriles is 1. The van der Waals surface area contributed by atoms with Crippen LogP contribution in [-0.4, -0.2) is 5.54 Å². The minimum Gasteiger partial charge on any atom is -0.366 e. The van der Waals surface area contributed by atoms with Crippen LogP contribution in [0.1, 0.15) is 25.7 Å². The number of anilines is 1. The number of halogens is 1. The molecule has 1 saturated carbocycles. The second kappa shape index (κ2) is 4.40. The first kappa shape index (κ1) is 10.7. The standard InChI is InChI=1S/C12H13IN2/c13-10-5-1-2-6-11(10)15-12(9-14)7-3-4-8-12/h1-2,5-6,15H,3-4,7-8H2. The smallest absolute Gasteiger partial charge is 0.125 e. The van der Waals surface area contributed by atoms with Crippen molar-refractivity contribution >= 4 is 28.3 Å². The highest BCUT2D eigenvalue weighted by Crippen LogP contribution is 2.33. The highest BCUT2D eigenvalue weighted by atomic mass is 127. The molecule has 0 heterocycles. The molecular formula is C12H13IN2. The van der Waals surface area contributed by atoms with Gasteiger partial charge in [-0.3, -0.25) is 0 Å². The molecule has 2 nitrogen and oxygen atoms in total. The molecule has 0 aliphatic heterocycles. The van der Waals surface area contributed by atoms with E-state index < -0.39 is 0 Å². The number of nitrogens with zero attached hydrogens (tertiary/aromatic N) is 1. The quantitative estimate of drug-likeness (QED) is 0.848. The summed E-state index contributed by atoms with van der Waals surface area (Å²) in [5.74, 6) is 0. The molecule has 1 N–H and O–H groups in total. The topological polar surface area (TPSA) is 35.8 Å². The minimum atomic E-state index is -0.318. The van der Waals surface area contributed by atoms with E-state index in [4.69, 9.17) is 0 Å². The lowest BCUT2D eigenvalue weighted by Gasteiger charge is -2.24. The van der Waals surface area contributed by atoms with E-state index in [-0.39, 0.29) is 5.54 Å². The van der Waals surface area contributed by atoms with E-state index in [1.165, 1.54) is 3.57 Å². The maximum atomic E-state index is 9.25. The zero-order chi connectivity index (χ0) is 10.7. The van der Waals surface area contributed by atoms with Crippen molar-refractivity contribution in [3.8, 4) is 6.07 Å². The van der Waals surface area contributed by atoms with Crippen molar-refractivity contribution in [2.75, 3.05) is 5.32 Å². The molecule has 1 aromatic rings. The Labute approximate surface area is 104 Å². The first-order chi connectivity index (χ1) is 7.26. The van der Waals surface area contributed by atoms with Crippen molar-refractivity contribution in [2.45, 2.75) is 31.2 Å². The Hall–Kier alpha value is -0.760. The summed E-state index contributed by atoms with van der Waals surface area (Å²) in [7, 11) is 0. The molecule has 1 aliphatic carbocycles. The lowest BCUT2D eigenvalue weighted by molar-refractivity contribution is 0.612. The molecule has 1 aromatic carbocycles. The molecule has 0 spiro atoms. The monoisotopic (exact) mass is 312 g/mol. The third kappa shape index (κ3) is 2.25. The molecule has 0 amide bonds. The molecule has 1 aliphatic rings. The molecule has 0 radical (unpaired) electrons. The van der Waals surface area contributed by atoms with Crippen molar-refractivity contribution in [3.05, 3.63) is 27.8 Å². The molecular weight excluding hydrogens is 299 g/mol. The second-order valence-corrected chi connectivity index (χ2v) is 5.17. The minimum absolute atomic E-state index is 0.318. The average Bonchev–Trinajstić information content (AvgIpc) is 2.71. The molecule has 15 heavy (non-hydrogen) atoms. The Balaban J connectivity index is 2.21. The van der Waals surface area contributed by atoms with Crippen LogP contribution in [0, 0.1) is 14.9 Å². The van der Waals surface area contributed by atoms with E-state index in [9.17, 15) is 5.26 Å². The lowest BCUT2D eigenvalue weighted by Crippen LogP contribution is -2.33. The molecule has 2 rings (SSSR count). The first-order valence-corrected chi connectivity index (χ1v) is 6.28. The normalized spacial score (nSPS) is 18.4. The maximum absolute atomic E-state index is 9.25. The fourth-order valence-electron chi connectivity index (χ4n) is 2.06. The van der Waals surface area contributed by atoms with Gasteiger partial charge in [-0.05, 0) is 60.4 Å². The van der Waals surface area contributed by atoms with Gasteiger partial charge in [-0.1, -0.05) is 12.1 Å². The van der Waals surface area contributed by atoms with Crippen LogP contribution in [0.4, 0.5) is 5.69 Å². The zero-order valence-electron chi connectivity index (χ0n) is 8.46. The Morgan fingerprint density at radius 1 is 1.27 bits per heavy atom. The summed E-state index contributed by atoms with van der Waals surface area (Å²) in [5, 5.41) is 12.7. The lowest BCUT2D eigenvalue weighted by atomic mass is 9.99. The molecule has 0 unspecified atom stereocenters. The summed E-state index contributed by atoms with van der Waals surface area (Å²) >= 11 is 2.30. The Bertz CT molecular complexity index is 389. The van der Waals surface area contributed by atoms with Crippen molar-refractivity contribution in [1.29, 1.82) is 5.26 Å². The van der Waals surface area contributed by atoms with Crippen molar-refractivity contribution in [2.24, 2.45) is 0 Å². The SMILES string of the molecule is N#CC1(Nc2ccccc2I)CCCC1. The van der Waals surface area contributed by atoms with Gasteiger partial charge >= 0.3 is 0 Å². The number of para-hydroxylation sites is 1. The van der Waals surface area contributed by atoms with Gasteiger partial charge in [0.1, 0.15) is 5.54 Å². The van der Waals surface area contributed by atoms with Crippen LogP contribution in [-0.2, 0) is 0 Å². The highest BCUT2D eigenvalue weighted by molar-refractivity contribution is 14.1. The van der Waals surface area contributed by atoms with Gasteiger partial charge in [0, 0.05) is 9.26 Å². The van der Waals surface area contributed by atoms with Gasteiger partial charge in [-0.15, -0.1) is 0 Å².